The number of aromatic nitrogens is 2. The fraction of sp³-hybridized carbons (Fsp3) is 0.286. The van der Waals surface area contributed by atoms with Gasteiger partial charge in [-0.15, -0.1) is 0 Å². The summed E-state index contributed by atoms with van der Waals surface area (Å²) in [7, 11) is 0. The number of aryl methyl sites for hydroxylation is 1. The topological polar surface area (TPSA) is 78.0 Å². The molecule has 1 aromatic heterocycles. The Morgan fingerprint density at radius 2 is 2.11 bits per heavy atom. The summed E-state index contributed by atoms with van der Waals surface area (Å²) in [5.74, 6) is -0.836. The third kappa shape index (κ3) is 2.13. The molecule has 2 atom stereocenters. The molecule has 2 heterocycles. The molecule has 0 spiro atoms. The summed E-state index contributed by atoms with van der Waals surface area (Å²) in [4.78, 5) is 18.6. The molecule has 0 saturated heterocycles. The molecule has 2 aromatic rings. The number of carboxylic acid groups (broad SMARTS) is 1. The number of H-pyrrole nitrogens is 1. The second-order valence-corrected chi connectivity index (χ2v) is 4.87. The maximum atomic E-state index is 11.2. The molecule has 1 aromatic carbocycles. The van der Waals surface area contributed by atoms with Crippen LogP contribution in [0.4, 0.5) is 0 Å². The van der Waals surface area contributed by atoms with Gasteiger partial charge in [0, 0.05) is 12.1 Å². The summed E-state index contributed by atoms with van der Waals surface area (Å²) in [5, 5.41) is 12.4. The molecule has 19 heavy (non-hydrogen) atoms. The zero-order chi connectivity index (χ0) is 13.4. The van der Waals surface area contributed by atoms with E-state index in [1.807, 2.05) is 31.2 Å². The number of aliphatic carboxylic acids is 1. The number of hydrogen-bond acceptors (Lipinski definition) is 3. The standard InChI is InChI=1S/C14H15N3O2/c1-8-2-4-9(5-3-8)12-13-10(15-7-16-13)6-11(17-12)14(18)19/h2-5,7,11-12,17H,6H2,1H3,(H,15,16)(H,18,19)/t11-,12+/m0/s1. The van der Waals surface area contributed by atoms with Crippen LogP contribution in [-0.4, -0.2) is 27.1 Å². The molecular weight excluding hydrogens is 242 g/mol. The van der Waals surface area contributed by atoms with Gasteiger partial charge in [-0.3, -0.25) is 10.1 Å². The molecule has 0 aliphatic carbocycles. The highest BCUT2D eigenvalue weighted by molar-refractivity contribution is 5.74. The maximum absolute atomic E-state index is 11.2. The lowest BCUT2D eigenvalue weighted by molar-refractivity contribution is -0.139. The molecule has 3 rings (SSSR count). The Balaban J connectivity index is 2.00. The fourth-order valence-electron chi connectivity index (χ4n) is 2.46. The fourth-order valence-corrected chi connectivity index (χ4v) is 2.46. The Bertz CT molecular complexity index is 603. The van der Waals surface area contributed by atoms with Gasteiger partial charge < -0.3 is 10.1 Å². The average molecular weight is 257 g/mol. The van der Waals surface area contributed by atoms with Crippen molar-refractivity contribution in [3.63, 3.8) is 0 Å². The SMILES string of the molecule is Cc1ccc([C@H]2N[C@H](C(=O)O)Cc3[nH]cnc32)cc1. The molecular formula is C14H15N3O2. The monoisotopic (exact) mass is 257 g/mol. The Labute approximate surface area is 110 Å². The van der Waals surface area contributed by atoms with Crippen molar-refractivity contribution >= 4 is 5.97 Å². The minimum absolute atomic E-state index is 0.170. The summed E-state index contributed by atoms with van der Waals surface area (Å²) in [5.41, 5.74) is 4.00. The van der Waals surface area contributed by atoms with Crippen molar-refractivity contribution in [2.45, 2.75) is 25.4 Å². The summed E-state index contributed by atoms with van der Waals surface area (Å²) < 4.78 is 0. The van der Waals surface area contributed by atoms with Crippen molar-refractivity contribution in [2.75, 3.05) is 0 Å². The molecule has 1 aliphatic rings. The Kier molecular flexibility index (Phi) is 2.83. The first-order valence-electron chi connectivity index (χ1n) is 6.22. The Hall–Kier alpha value is -2.14. The van der Waals surface area contributed by atoms with Gasteiger partial charge >= 0.3 is 5.97 Å². The van der Waals surface area contributed by atoms with Gasteiger partial charge in [-0.05, 0) is 12.5 Å². The lowest BCUT2D eigenvalue weighted by Crippen LogP contribution is -2.45. The molecule has 98 valence electrons. The van der Waals surface area contributed by atoms with Crippen molar-refractivity contribution in [1.29, 1.82) is 0 Å². The van der Waals surface area contributed by atoms with Crippen molar-refractivity contribution in [3.8, 4) is 0 Å². The predicted octanol–water partition coefficient (Wildman–Crippen LogP) is 1.41. The number of carbonyl (C=O) groups is 1. The lowest BCUT2D eigenvalue weighted by Gasteiger charge is -2.28. The van der Waals surface area contributed by atoms with Gasteiger partial charge in [0.05, 0.1) is 18.1 Å². The molecule has 5 heteroatoms. The van der Waals surface area contributed by atoms with Crippen LogP contribution in [0.25, 0.3) is 0 Å². The van der Waals surface area contributed by atoms with Crippen molar-refractivity contribution in [2.24, 2.45) is 0 Å². The van der Waals surface area contributed by atoms with E-state index in [4.69, 9.17) is 0 Å². The van der Waals surface area contributed by atoms with Gasteiger partial charge in [0.25, 0.3) is 0 Å². The molecule has 0 unspecified atom stereocenters. The van der Waals surface area contributed by atoms with E-state index < -0.39 is 12.0 Å². The minimum Gasteiger partial charge on any atom is -0.480 e. The van der Waals surface area contributed by atoms with Crippen LogP contribution in [0.3, 0.4) is 0 Å². The van der Waals surface area contributed by atoms with Crippen molar-refractivity contribution in [3.05, 3.63) is 53.1 Å². The van der Waals surface area contributed by atoms with Gasteiger partial charge in [0.2, 0.25) is 0 Å². The van der Waals surface area contributed by atoms with E-state index in [0.29, 0.717) is 6.42 Å². The van der Waals surface area contributed by atoms with E-state index >= 15 is 0 Å². The maximum Gasteiger partial charge on any atom is 0.321 e. The molecule has 5 nitrogen and oxygen atoms in total. The van der Waals surface area contributed by atoms with E-state index in [1.54, 1.807) is 6.33 Å². The van der Waals surface area contributed by atoms with Gasteiger partial charge in [-0.2, -0.15) is 0 Å². The summed E-state index contributed by atoms with van der Waals surface area (Å²) >= 11 is 0. The normalized spacial score (nSPS) is 21.9. The van der Waals surface area contributed by atoms with Crippen LogP contribution in [0.1, 0.15) is 28.6 Å². The molecule has 0 fully saturated rings. The molecule has 0 amide bonds. The highest BCUT2D eigenvalue weighted by Gasteiger charge is 2.32. The van der Waals surface area contributed by atoms with Crippen molar-refractivity contribution < 1.29 is 9.90 Å². The predicted molar refractivity (Wildman–Crippen MR) is 69.9 cm³/mol. The number of nitrogens with one attached hydrogen (secondary N) is 2. The van der Waals surface area contributed by atoms with Gasteiger partial charge in [-0.1, -0.05) is 29.8 Å². The molecule has 0 saturated carbocycles. The number of carboxylic acids is 1. The molecule has 0 radical (unpaired) electrons. The third-order valence-electron chi connectivity index (χ3n) is 3.51. The number of rotatable bonds is 2. The van der Waals surface area contributed by atoms with Crippen LogP contribution in [0, 0.1) is 6.92 Å². The van der Waals surface area contributed by atoms with Crippen molar-refractivity contribution in [1.82, 2.24) is 15.3 Å². The van der Waals surface area contributed by atoms with E-state index in [0.717, 1.165) is 17.0 Å². The minimum atomic E-state index is -0.836. The second kappa shape index (κ2) is 4.51. The van der Waals surface area contributed by atoms with E-state index in [-0.39, 0.29) is 6.04 Å². The Morgan fingerprint density at radius 3 is 2.79 bits per heavy atom. The second-order valence-electron chi connectivity index (χ2n) is 4.87. The first-order chi connectivity index (χ1) is 9.15. The smallest absolute Gasteiger partial charge is 0.321 e. The van der Waals surface area contributed by atoms with E-state index in [9.17, 15) is 9.90 Å². The van der Waals surface area contributed by atoms with Crippen LogP contribution in [0.5, 0.6) is 0 Å². The molecule has 1 aliphatic heterocycles. The van der Waals surface area contributed by atoms with Crippen LogP contribution in [-0.2, 0) is 11.2 Å². The van der Waals surface area contributed by atoms with E-state index in [1.165, 1.54) is 5.56 Å². The number of imidazole rings is 1. The number of nitrogens with zero attached hydrogens (tertiary/aromatic N) is 1. The summed E-state index contributed by atoms with van der Waals surface area (Å²) in [6.07, 6.45) is 2.06. The number of benzene rings is 1. The van der Waals surface area contributed by atoms with Crippen LogP contribution in [0.15, 0.2) is 30.6 Å². The first-order valence-corrected chi connectivity index (χ1v) is 6.22. The quantitative estimate of drug-likeness (QED) is 0.760. The number of aromatic amines is 1. The van der Waals surface area contributed by atoms with E-state index in [2.05, 4.69) is 15.3 Å². The molecule has 3 N–H and O–H groups in total. The zero-order valence-electron chi connectivity index (χ0n) is 10.6. The number of fused-ring (bicyclic) bond motifs is 1. The first kappa shape index (κ1) is 11.9. The van der Waals surface area contributed by atoms with Gasteiger partial charge in [0.15, 0.2) is 0 Å². The Morgan fingerprint density at radius 1 is 1.37 bits per heavy atom. The zero-order valence-corrected chi connectivity index (χ0v) is 10.6. The highest BCUT2D eigenvalue weighted by atomic mass is 16.4. The third-order valence-corrected chi connectivity index (χ3v) is 3.51. The van der Waals surface area contributed by atoms with Crippen LogP contribution >= 0.6 is 0 Å². The summed E-state index contributed by atoms with van der Waals surface area (Å²) in [6.45, 7) is 2.03. The van der Waals surface area contributed by atoms with Crippen LogP contribution in [0.2, 0.25) is 0 Å². The largest absolute Gasteiger partial charge is 0.480 e. The molecule has 0 bridgehead atoms. The highest BCUT2D eigenvalue weighted by Crippen LogP contribution is 2.28. The number of hydrogen-bond donors (Lipinski definition) is 3. The average Bonchev–Trinajstić information content (AvgIpc) is 2.86. The lowest BCUT2D eigenvalue weighted by atomic mass is 9.93. The van der Waals surface area contributed by atoms with Crippen LogP contribution < -0.4 is 5.32 Å². The van der Waals surface area contributed by atoms with Gasteiger partial charge in [0.1, 0.15) is 6.04 Å². The van der Waals surface area contributed by atoms with Gasteiger partial charge in [-0.25, -0.2) is 4.98 Å². The summed E-state index contributed by atoms with van der Waals surface area (Å²) in [6, 6.07) is 7.31.